The van der Waals surface area contributed by atoms with E-state index in [4.69, 9.17) is 11.6 Å². The molecule has 1 saturated carbocycles. The summed E-state index contributed by atoms with van der Waals surface area (Å²) < 4.78 is 35.5. The minimum atomic E-state index is -3.57. The Labute approximate surface area is 126 Å². The maximum absolute atomic E-state index is 12.9. The van der Waals surface area contributed by atoms with E-state index in [1.54, 1.807) is 18.2 Å². The maximum Gasteiger partial charge on any atom is 0.245 e. The van der Waals surface area contributed by atoms with Crippen LogP contribution in [0.1, 0.15) is 19.3 Å². The van der Waals surface area contributed by atoms with Crippen LogP contribution >= 0.6 is 11.6 Å². The third-order valence-electron chi connectivity index (χ3n) is 3.62. The molecule has 1 fully saturated rings. The summed E-state index contributed by atoms with van der Waals surface area (Å²) in [6, 6.07) is 5.14. The fourth-order valence-electron chi connectivity index (χ4n) is 2.37. The van der Waals surface area contributed by atoms with Crippen molar-refractivity contribution in [1.82, 2.24) is 4.31 Å². The Kier molecular flexibility index (Phi) is 3.94. The van der Waals surface area contributed by atoms with E-state index >= 15 is 0 Å². The molecule has 1 aromatic rings. The van der Waals surface area contributed by atoms with Crippen molar-refractivity contribution in [2.24, 2.45) is 8.73 Å². The lowest BCUT2D eigenvalue weighted by Crippen LogP contribution is -2.45. The van der Waals surface area contributed by atoms with Crippen molar-refractivity contribution in [3.8, 4) is 0 Å². The first-order valence-corrected chi connectivity index (χ1v) is 9.14. The SMILES string of the molecule is O=S(=O)(c1cccc2c1N=S=N2)N(CCCl)C1CCC1. The molecule has 5 nitrogen and oxygen atoms in total. The van der Waals surface area contributed by atoms with Gasteiger partial charge in [0.2, 0.25) is 10.0 Å². The van der Waals surface area contributed by atoms with Gasteiger partial charge in [0.25, 0.3) is 0 Å². The van der Waals surface area contributed by atoms with Gasteiger partial charge in [-0.25, -0.2) is 8.42 Å². The summed E-state index contributed by atoms with van der Waals surface area (Å²) in [5, 5.41) is 0. The fraction of sp³-hybridized carbons (Fsp3) is 0.500. The summed E-state index contributed by atoms with van der Waals surface area (Å²) in [7, 11) is -3.57. The van der Waals surface area contributed by atoms with Crippen molar-refractivity contribution < 1.29 is 8.42 Å². The van der Waals surface area contributed by atoms with E-state index < -0.39 is 10.0 Å². The maximum atomic E-state index is 12.9. The molecule has 2 aliphatic rings. The van der Waals surface area contributed by atoms with Crippen molar-refractivity contribution in [1.29, 1.82) is 0 Å². The van der Waals surface area contributed by atoms with Crippen LogP contribution in [0, 0.1) is 0 Å². The highest BCUT2D eigenvalue weighted by molar-refractivity contribution is 7.89. The molecule has 0 amide bonds. The molecular formula is C12H14ClN3O2S2. The van der Waals surface area contributed by atoms with Gasteiger partial charge in [-0.1, -0.05) is 12.5 Å². The van der Waals surface area contributed by atoms with Gasteiger partial charge in [0.15, 0.2) is 0 Å². The Hall–Kier alpha value is -0.760. The predicted molar refractivity (Wildman–Crippen MR) is 80.2 cm³/mol. The molecule has 108 valence electrons. The van der Waals surface area contributed by atoms with Crippen molar-refractivity contribution in [2.45, 2.75) is 30.2 Å². The third-order valence-corrected chi connectivity index (χ3v) is 6.32. The Morgan fingerprint density at radius 2 is 2.15 bits per heavy atom. The van der Waals surface area contributed by atoms with Gasteiger partial charge in [-0.3, -0.25) is 0 Å². The number of fused-ring (bicyclic) bond motifs is 1. The molecule has 0 saturated heterocycles. The minimum absolute atomic E-state index is 0.0700. The van der Waals surface area contributed by atoms with Crippen LogP contribution in [0.3, 0.4) is 0 Å². The first-order valence-electron chi connectivity index (χ1n) is 6.43. The number of alkyl halides is 1. The molecule has 0 radical (unpaired) electrons. The second-order valence-corrected chi connectivity index (χ2v) is 7.54. The van der Waals surface area contributed by atoms with Crippen molar-refractivity contribution >= 4 is 44.4 Å². The second-order valence-electron chi connectivity index (χ2n) is 4.78. The molecule has 3 rings (SSSR count). The van der Waals surface area contributed by atoms with Gasteiger partial charge < -0.3 is 0 Å². The summed E-state index contributed by atoms with van der Waals surface area (Å²) in [6.45, 7) is 0.336. The quantitative estimate of drug-likeness (QED) is 0.790. The molecule has 0 unspecified atom stereocenters. The largest absolute Gasteiger partial charge is 0.245 e. The van der Waals surface area contributed by atoms with Gasteiger partial charge in [0.05, 0.1) is 11.4 Å². The number of hydrogen-bond donors (Lipinski definition) is 0. The van der Waals surface area contributed by atoms with Crippen molar-refractivity contribution in [2.75, 3.05) is 12.4 Å². The molecule has 1 heterocycles. The Bertz CT molecular complexity index is 695. The van der Waals surface area contributed by atoms with E-state index in [1.807, 2.05) is 0 Å². The van der Waals surface area contributed by atoms with E-state index in [9.17, 15) is 8.42 Å². The van der Waals surface area contributed by atoms with Crippen LogP contribution in [0.15, 0.2) is 31.8 Å². The normalized spacial score (nSPS) is 17.9. The lowest BCUT2D eigenvalue weighted by molar-refractivity contribution is 0.227. The molecule has 0 spiro atoms. The van der Waals surface area contributed by atoms with Crippen LogP contribution < -0.4 is 0 Å². The fourth-order valence-corrected chi connectivity index (χ4v) is 5.10. The van der Waals surface area contributed by atoms with E-state index in [0.29, 0.717) is 23.8 Å². The Balaban J connectivity index is 2.03. The molecule has 1 aromatic carbocycles. The van der Waals surface area contributed by atoms with Gasteiger partial charge in [-0.15, -0.1) is 11.6 Å². The lowest BCUT2D eigenvalue weighted by atomic mass is 9.93. The van der Waals surface area contributed by atoms with Gasteiger partial charge in [0.1, 0.15) is 16.3 Å². The van der Waals surface area contributed by atoms with Crippen LogP contribution in [0.2, 0.25) is 0 Å². The highest BCUT2D eigenvalue weighted by Gasteiger charge is 2.36. The number of rotatable bonds is 5. The van der Waals surface area contributed by atoms with E-state index in [-0.39, 0.29) is 10.9 Å². The van der Waals surface area contributed by atoms with Gasteiger partial charge in [-0.2, -0.15) is 13.0 Å². The van der Waals surface area contributed by atoms with Gasteiger partial charge in [0, 0.05) is 18.5 Å². The lowest BCUT2D eigenvalue weighted by Gasteiger charge is -2.36. The van der Waals surface area contributed by atoms with Gasteiger partial charge in [-0.05, 0) is 25.0 Å². The van der Waals surface area contributed by atoms with Crippen LogP contribution in [-0.4, -0.2) is 31.2 Å². The number of nitrogens with zero attached hydrogens (tertiary/aromatic N) is 3. The minimum Gasteiger partial charge on any atom is -0.207 e. The number of sulfonamides is 1. The average Bonchev–Trinajstić information content (AvgIpc) is 2.83. The Morgan fingerprint density at radius 1 is 1.35 bits per heavy atom. The van der Waals surface area contributed by atoms with Crippen LogP contribution in [0.5, 0.6) is 0 Å². The zero-order valence-corrected chi connectivity index (χ0v) is 13.1. The van der Waals surface area contributed by atoms with Gasteiger partial charge >= 0.3 is 0 Å². The summed E-state index contributed by atoms with van der Waals surface area (Å²) in [6.07, 6.45) is 2.88. The summed E-state index contributed by atoms with van der Waals surface area (Å²) in [5.41, 5.74) is 1.08. The van der Waals surface area contributed by atoms with Crippen molar-refractivity contribution in [3.63, 3.8) is 0 Å². The number of benzene rings is 1. The summed E-state index contributed by atoms with van der Waals surface area (Å²) in [5.74, 6) is 0.293. The molecule has 1 aliphatic heterocycles. The molecule has 8 heteroatoms. The highest BCUT2D eigenvalue weighted by atomic mass is 35.5. The number of halogens is 1. The van der Waals surface area contributed by atoms with Crippen LogP contribution in [-0.2, 0) is 21.4 Å². The van der Waals surface area contributed by atoms with E-state index in [0.717, 1.165) is 30.6 Å². The molecule has 0 aromatic heterocycles. The second kappa shape index (κ2) is 5.55. The molecule has 20 heavy (non-hydrogen) atoms. The Morgan fingerprint density at radius 3 is 2.80 bits per heavy atom. The molecule has 0 bridgehead atoms. The zero-order chi connectivity index (χ0) is 14.2. The average molecular weight is 332 g/mol. The molecule has 0 N–H and O–H groups in total. The number of hydrogen-bond acceptors (Lipinski definition) is 4. The van der Waals surface area contributed by atoms with E-state index in [1.165, 1.54) is 4.31 Å². The molecular weight excluding hydrogens is 318 g/mol. The van der Waals surface area contributed by atoms with Crippen LogP contribution in [0.25, 0.3) is 0 Å². The topological polar surface area (TPSA) is 62.1 Å². The monoisotopic (exact) mass is 331 g/mol. The summed E-state index contributed by atoms with van der Waals surface area (Å²) >= 11 is 6.81. The van der Waals surface area contributed by atoms with E-state index in [2.05, 4.69) is 8.73 Å². The summed E-state index contributed by atoms with van der Waals surface area (Å²) in [4.78, 5) is 0.237. The molecule has 0 atom stereocenters. The standard InChI is InChI=1S/C12H14ClN3O2S2/c13-7-8-16(9-3-1-4-9)20(17,18)11-6-2-5-10-12(11)15-19-14-10/h2,5-6,9H,1,3-4,7-8H2. The first kappa shape index (κ1) is 14.2. The smallest absolute Gasteiger partial charge is 0.207 e. The predicted octanol–water partition coefficient (Wildman–Crippen LogP) is 3.20. The van der Waals surface area contributed by atoms with Crippen molar-refractivity contribution in [3.05, 3.63) is 18.2 Å². The highest BCUT2D eigenvalue weighted by Crippen LogP contribution is 2.40. The molecule has 1 aliphatic carbocycles. The first-order chi connectivity index (χ1) is 9.64. The zero-order valence-electron chi connectivity index (χ0n) is 10.7. The van der Waals surface area contributed by atoms with Crippen LogP contribution in [0.4, 0.5) is 11.4 Å². The third kappa shape index (κ3) is 2.32.